The molecule has 3 heterocycles. The lowest BCUT2D eigenvalue weighted by Crippen LogP contribution is -2.60. The predicted octanol–water partition coefficient (Wildman–Crippen LogP) is 0.106. The molecular weight excluding hydrogens is 324 g/mol. The van der Waals surface area contributed by atoms with E-state index in [1.54, 1.807) is 18.2 Å². The number of nitrogens with one attached hydrogen (secondary N) is 1. The van der Waals surface area contributed by atoms with Crippen LogP contribution in [0.4, 0.5) is 0 Å². The Morgan fingerprint density at radius 3 is 3.00 bits per heavy atom. The van der Waals surface area contributed by atoms with E-state index in [2.05, 4.69) is 15.5 Å². The normalized spacial score (nSPS) is 24.2. The van der Waals surface area contributed by atoms with Crippen LogP contribution >= 0.6 is 0 Å². The van der Waals surface area contributed by atoms with E-state index in [4.69, 9.17) is 4.52 Å². The van der Waals surface area contributed by atoms with E-state index in [1.807, 2.05) is 17.9 Å². The van der Waals surface area contributed by atoms with Gasteiger partial charge < -0.3 is 20.1 Å². The summed E-state index contributed by atoms with van der Waals surface area (Å²) in [7, 11) is 0. The lowest BCUT2D eigenvalue weighted by atomic mass is 9.88. The SMILES string of the molecule is Cc1cc(CN2CC[C@@](O)(CNC(=O)c3ccccn3)[C@H](O)C2)no1. The number of aliphatic hydroxyl groups excluding tert-OH is 1. The van der Waals surface area contributed by atoms with Gasteiger partial charge in [0.2, 0.25) is 0 Å². The highest BCUT2D eigenvalue weighted by Gasteiger charge is 2.41. The molecule has 1 saturated heterocycles. The Bertz CT molecular complexity index is 720. The van der Waals surface area contributed by atoms with E-state index in [0.717, 1.165) is 11.5 Å². The number of aliphatic hydroxyl groups is 2. The van der Waals surface area contributed by atoms with Crippen molar-refractivity contribution < 1.29 is 19.5 Å². The molecule has 0 saturated carbocycles. The summed E-state index contributed by atoms with van der Waals surface area (Å²) in [5.74, 6) is 0.364. The number of carbonyl (C=O) groups excluding carboxylic acids is 1. The van der Waals surface area contributed by atoms with E-state index in [1.165, 1.54) is 6.20 Å². The van der Waals surface area contributed by atoms with Crippen molar-refractivity contribution in [1.82, 2.24) is 20.4 Å². The van der Waals surface area contributed by atoms with Gasteiger partial charge in [-0.1, -0.05) is 11.2 Å². The van der Waals surface area contributed by atoms with Crippen LogP contribution in [0, 0.1) is 6.92 Å². The van der Waals surface area contributed by atoms with Gasteiger partial charge in [-0.3, -0.25) is 14.7 Å². The maximum Gasteiger partial charge on any atom is 0.269 e. The number of aromatic nitrogens is 2. The van der Waals surface area contributed by atoms with Crippen LogP contribution in [0.1, 0.15) is 28.4 Å². The number of likely N-dealkylation sites (tertiary alicyclic amines) is 1. The molecule has 8 nitrogen and oxygen atoms in total. The van der Waals surface area contributed by atoms with Crippen LogP contribution in [-0.2, 0) is 6.54 Å². The van der Waals surface area contributed by atoms with Crippen LogP contribution in [0.2, 0.25) is 0 Å². The second kappa shape index (κ2) is 7.30. The average Bonchev–Trinajstić information content (AvgIpc) is 3.02. The van der Waals surface area contributed by atoms with Gasteiger partial charge in [0.05, 0.1) is 11.8 Å². The van der Waals surface area contributed by atoms with Gasteiger partial charge in [0.1, 0.15) is 17.1 Å². The van der Waals surface area contributed by atoms with Crippen molar-refractivity contribution in [2.45, 2.75) is 31.6 Å². The zero-order valence-electron chi connectivity index (χ0n) is 14.1. The van der Waals surface area contributed by atoms with Gasteiger partial charge in [-0.2, -0.15) is 0 Å². The Kier molecular flexibility index (Phi) is 5.12. The van der Waals surface area contributed by atoms with Gasteiger partial charge in [-0.25, -0.2) is 0 Å². The van der Waals surface area contributed by atoms with Gasteiger partial charge in [-0.05, 0) is 25.5 Å². The summed E-state index contributed by atoms with van der Waals surface area (Å²) in [6, 6.07) is 6.88. The number of amides is 1. The molecular formula is C17H22N4O4. The lowest BCUT2D eigenvalue weighted by Gasteiger charge is -2.41. The monoisotopic (exact) mass is 346 g/mol. The first-order chi connectivity index (χ1) is 12.0. The fourth-order valence-corrected chi connectivity index (χ4v) is 2.92. The smallest absolute Gasteiger partial charge is 0.269 e. The summed E-state index contributed by atoms with van der Waals surface area (Å²) in [4.78, 5) is 18.0. The third-order valence-electron chi connectivity index (χ3n) is 4.43. The van der Waals surface area contributed by atoms with E-state index in [0.29, 0.717) is 26.1 Å². The highest BCUT2D eigenvalue weighted by molar-refractivity contribution is 5.92. The number of β-amino-alcohol motifs (C(OH)–C–C–N with tert-alkyl or cyclic N) is 1. The molecule has 2 atom stereocenters. The number of pyridine rings is 1. The molecule has 1 aliphatic heterocycles. The number of piperidine rings is 1. The summed E-state index contributed by atoms with van der Waals surface area (Å²) in [6.45, 7) is 3.22. The minimum absolute atomic E-state index is 0.0273. The van der Waals surface area contributed by atoms with Crippen molar-refractivity contribution in [3.8, 4) is 0 Å². The molecule has 3 N–H and O–H groups in total. The number of aryl methyl sites for hydroxylation is 1. The quantitative estimate of drug-likeness (QED) is 0.704. The van der Waals surface area contributed by atoms with Crippen LogP contribution < -0.4 is 5.32 Å². The number of nitrogens with zero attached hydrogens (tertiary/aromatic N) is 3. The molecule has 3 rings (SSSR count). The molecule has 0 aromatic carbocycles. The Hall–Kier alpha value is -2.29. The van der Waals surface area contributed by atoms with Gasteiger partial charge in [0, 0.05) is 38.4 Å². The summed E-state index contributed by atoms with van der Waals surface area (Å²) in [5.41, 5.74) is -0.293. The molecule has 0 unspecified atom stereocenters. The van der Waals surface area contributed by atoms with Crippen molar-refractivity contribution in [2.24, 2.45) is 0 Å². The third-order valence-corrected chi connectivity index (χ3v) is 4.43. The van der Waals surface area contributed by atoms with Gasteiger partial charge in [0.25, 0.3) is 5.91 Å². The Morgan fingerprint density at radius 1 is 1.52 bits per heavy atom. The summed E-state index contributed by atoms with van der Waals surface area (Å²) in [5, 5.41) is 27.6. The molecule has 2 aromatic heterocycles. The van der Waals surface area contributed by atoms with Crippen molar-refractivity contribution in [1.29, 1.82) is 0 Å². The standard InChI is InChI=1S/C17H22N4O4/c1-12-8-13(20-25-12)9-21-7-5-17(24,15(22)10-21)11-19-16(23)14-4-2-3-6-18-14/h2-4,6,8,15,22,24H,5,7,9-11H2,1H3,(H,19,23)/t15-,17-/m1/s1. The maximum atomic E-state index is 12.0. The van der Waals surface area contributed by atoms with Crippen molar-refractivity contribution >= 4 is 5.91 Å². The molecule has 8 heteroatoms. The van der Waals surface area contributed by atoms with Gasteiger partial charge >= 0.3 is 0 Å². The fraction of sp³-hybridized carbons (Fsp3) is 0.471. The summed E-state index contributed by atoms with van der Waals surface area (Å²) >= 11 is 0. The highest BCUT2D eigenvalue weighted by atomic mass is 16.5. The molecule has 134 valence electrons. The first-order valence-corrected chi connectivity index (χ1v) is 8.20. The van der Waals surface area contributed by atoms with Crippen molar-refractivity contribution in [3.63, 3.8) is 0 Å². The molecule has 1 aliphatic rings. The molecule has 0 bridgehead atoms. The number of hydrogen-bond donors (Lipinski definition) is 3. The predicted molar refractivity (Wildman–Crippen MR) is 88.7 cm³/mol. The summed E-state index contributed by atoms with van der Waals surface area (Å²) in [6.07, 6.45) is 0.897. The van der Waals surface area contributed by atoms with E-state index >= 15 is 0 Å². The van der Waals surface area contributed by atoms with Crippen LogP contribution in [0.25, 0.3) is 0 Å². The average molecular weight is 346 g/mol. The molecule has 1 fully saturated rings. The first-order valence-electron chi connectivity index (χ1n) is 8.20. The second-order valence-corrected chi connectivity index (χ2v) is 6.43. The molecule has 25 heavy (non-hydrogen) atoms. The lowest BCUT2D eigenvalue weighted by molar-refractivity contribution is -0.117. The van der Waals surface area contributed by atoms with E-state index in [-0.39, 0.29) is 18.1 Å². The third kappa shape index (κ3) is 4.22. The van der Waals surface area contributed by atoms with E-state index < -0.39 is 11.7 Å². The van der Waals surface area contributed by atoms with Gasteiger partial charge in [-0.15, -0.1) is 0 Å². The van der Waals surface area contributed by atoms with Gasteiger partial charge in [0.15, 0.2) is 0 Å². The number of carbonyl (C=O) groups is 1. The van der Waals surface area contributed by atoms with Crippen LogP contribution in [-0.4, -0.2) is 62.5 Å². The van der Waals surface area contributed by atoms with Crippen LogP contribution in [0.15, 0.2) is 35.0 Å². The van der Waals surface area contributed by atoms with E-state index in [9.17, 15) is 15.0 Å². The molecule has 0 spiro atoms. The molecule has 2 aromatic rings. The second-order valence-electron chi connectivity index (χ2n) is 6.43. The Balaban J connectivity index is 1.53. The zero-order chi connectivity index (χ0) is 17.9. The zero-order valence-corrected chi connectivity index (χ0v) is 14.1. The van der Waals surface area contributed by atoms with Crippen molar-refractivity contribution in [3.05, 3.63) is 47.6 Å². The Labute approximate surface area is 145 Å². The number of hydrogen-bond acceptors (Lipinski definition) is 7. The molecule has 1 amide bonds. The first kappa shape index (κ1) is 17.5. The minimum atomic E-state index is -1.36. The molecule has 0 aliphatic carbocycles. The number of rotatable bonds is 5. The Morgan fingerprint density at radius 2 is 2.36 bits per heavy atom. The largest absolute Gasteiger partial charge is 0.389 e. The van der Waals surface area contributed by atoms with Crippen molar-refractivity contribution in [2.75, 3.05) is 19.6 Å². The summed E-state index contributed by atoms with van der Waals surface area (Å²) < 4.78 is 5.04. The van der Waals surface area contributed by atoms with Crippen LogP contribution in [0.3, 0.4) is 0 Å². The molecule has 0 radical (unpaired) electrons. The highest BCUT2D eigenvalue weighted by Crippen LogP contribution is 2.23. The fourth-order valence-electron chi connectivity index (χ4n) is 2.92. The van der Waals surface area contributed by atoms with Crippen LogP contribution in [0.5, 0.6) is 0 Å². The minimum Gasteiger partial charge on any atom is -0.389 e. The topological polar surface area (TPSA) is 112 Å². The maximum absolute atomic E-state index is 12.0.